The Morgan fingerprint density at radius 3 is 2.40 bits per heavy atom. The van der Waals surface area contributed by atoms with Gasteiger partial charge in [0.15, 0.2) is 0 Å². The molecular weight excluding hydrogens is 421 g/mol. The summed E-state index contributed by atoms with van der Waals surface area (Å²) < 4.78 is 15.9. The van der Waals surface area contributed by atoms with Gasteiger partial charge in [-0.25, -0.2) is 4.79 Å². The molecule has 0 bridgehead atoms. The number of halogens is 1. The van der Waals surface area contributed by atoms with Gasteiger partial charge >= 0.3 is 47.6 Å². The molecule has 1 saturated carbocycles. The van der Waals surface area contributed by atoms with Gasteiger partial charge in [0.1, 0.15) is 5.75 Å². The van der Waals surface area contributed by atoms with Crippen molar-refractivity contribution in [2.24, 2.45) is 5.92 Å². The first-order valence-corrected chi connectivity index (χ1v) is 10.5. The number of amides is 1. The molecule has 1 aromatic rings. The molecule has 1 aliphatic rings. The van der Waals surface area contributed by atoms with Crippen LogP contribution in [0.2, 0.25) is 5.02 Å². The topological polar surface area (TPSA) is 90.9 Å². The number of hydrogen-bond donors (Lipinski definition) is 1. The van der Waals surface area contributed by atoms with Gasteiger partial charge in [0.25, 0.3) is 6.29 Å². The van der Waals surface area contributed by atoms with Gasteiger partial charge in [-0.15, -0.1) is 0 Å². The zero-order chi connectivity index (χ0) is 21.1. The third kappa shape index (κ3) is 10.2. The molecule has 162 valence electrons. The molecule has 1 unspecified atom stereocenters. The van der Waals surface area contributed by atoms with E-state index in [1.807, 2.05) is 0 Å². The molecule has 7 nitrogen and oxygen atoms in total. The maximum Gasteiger partial charge on any atom is 1.00 e. The van der Waals surface area contributed by atoms with Crippen LogP contribution in [0.1, 0.15) is 59.7 Å². The van der Waals surface area contributed by atoms with Gasteiger partial charge < -0.3 is 21.0 Å². The molecule has 1 atom stereocenters. The summed E-state index contributed by atoms with van der Waals surface area (Å²) >= 11 is 5.78. The van der Waals surface area contributed by atoms with Crippen LogP contribution in [0.4, 0.5) is 4.79 Å². The first-order chi connectivity index (χ1) is 14.0. The van der Waals surface area contributed by atoms with E-state index < -0.39 is 24.3 Å². The normalized spacial score (nSPS) is 14.7. The van der Waals surface area contributed by atoms with Crippen molar-refractivity contribution in [3.05, 3.63) is 29.3 Å². The van der Waals surface area contributed by atoms with E-state index in [-0.39, 0.29) is 56.3 Å². The predicted octanol–water partition coefficient (Wildman–Crippen LogP) is 1.73. The smallest absolute Gasteiger partial charge is 1.00 e. The van der Waals surface area contributed by atoms with E-state index in [2.05, 4.69) is 5.32 Å². The van der Waals surface area contributed by atoms with Crippen LogP contribution in [-0.4, -0.2) is 30.9 Å². The molecule has 0 aliphatic heterocycles. The Balaban J connectivity index is 0.00000450. The number of hydrogen-bond acceptors (Lipinski definition) is 6. The maximum absolute atomic E-state index is 12.1. The van der Waals surface area contributed by atoms with E-state index in [1.165, 1.54) is 0 Å². The molecule has 1 aromatic carbocycles. The van der Waals surface area contributed by atoms with Crippen molar-refractivity contribution in [1.29, 1.82) is 0 Å². The minimum atomic E-state index is -0.863. The number of carbonyl (C=O) groups is 3. The third-order valence-corrected chi connectivity index (χ3v) is 4.92. The molecule has 1 amide bonds. The van der Waals surface area contributed by atoms with Crippen LogP contribution >= 0.6 is 11.6 Å². The summed E-state index contributed by atoms with van der Waals surface area (Å²) in [5, 5.41) is 3.15. The van der Waals surface area contributed by atoms with Crippen LogP contribution in [-0.2, 0) is 19.1 Å². The van der Waals surface area contributed by atoms with Gasteiger partial charge in [-0.1, -0.05) is 37.8 Å². The van der Waals surface area contributed by atoms with Crippen molar-refractivity contribution in [2.45, 2.75) is 64.6 Å². The minimum absolute atomic E-state index is 0. The monoisotopic (exact) mass is 449 g/mol. The van der Waals surface area contributed by atoms with Crippen LogP contribution in [0.5, 0.6) is 5.75 Å². The van der Waals surface area contributed by atoms with Crippen LogP contribution in [0.15, 0.2) is 24.3 Å². The van der Waals surface area contributed by atoms with Gasteiger partial charge in [-0.2, -0.15) is 0 Å². The predicted molar refractivity (Wildman–Crippen MR) is 109 cm³/mol. The first-order valence-electron chi connectivity index (χ1n) is 10.1. The Bertz CT molecular complexity index is 685. The standard InChI is InChI=1S/C21H28ClNO6.Na.H/c1-2-18(24)28-20(15-7-4-3-5-8-15)29-21(26)23-14-6-9-19(25)27-17-12-10-16(22)11-13-17;;/h10-13,15,20H,2-9,14H2,1H3,(H,23,26);;/q;+1;-1. The first kappa shape index (κ1) is 26.8. The molecule has 2 rings (SSSR count). The molecule has 0 spiro atoms. The van der Waals surface area contributed by atoms with Crippen molar-refractivity contribution in [2.75, 3.05) is 6.54 Å². The molecule has 0 saturated heterocycles. The van der Waals surface area contributed by atoms with E-state index in [4.69, 9.17) is 25.8 Å². The molecule has 9 heteroatoms. The van der Waals surface area contributed by atoms with Crippen LogP contribution in [0.3, 0.4) is 0 Å². The fraction of sp³-hybridized carbons (Fsp3) is 0.571. The summed E-state index contributed by atoms with van der Waals surface area (Å²) in [5.74, 6) is -0.350. The van der Waals surface area contributed by atoms with E-state index in [0.717, 1.165) is 32.1 Å². The molecule has 0 heterocycles. The maximum atomic E-state index is 12.1. The van der Waals surface area contributed by atoms with Crippen molar-refractivity contribution < 1.29 is 59.6 Å². The number of alkyl carbamates (subject to hydrolysis) is 1. The summed E-state index contributed by atoms with van der Waals surface area (Å²) in [4.78, 5) is 35.6. The van der Waals surface area contributed by atoms with E-state index >= 15 is 0 Å². The van der Waals surface area contributed by atoms with Crippen molar-refractivity contribution in [3.8, 4) is 5.75 Å². The van der Waals surface area contributed by atoms with E-state index in [9.17, 15) is 14.4 Å². The second-order valence-corrected chi connectivity index (χ2v) is 7.41. The van der Waals surface area contributed by atoms with Gasteiger partial charge in [0.05, 0.1) is 0 Å². The van der Waals surface area contributed by atoms with Crippen LogP contribution in [0, 0.1) is 5.92 Å². The van der Waals surface area contributed by atoms with Crippen molar-refractivity contribution >= 4 is 29.6 Å². The Kier molecular flexibility index (Phi) is 13.1. The molecule has 1 N–H and O–H groups in total. The fourth-order valence-electron chi connectivity index (χ4n) is 3.09. The van der Waals surface area contributed by atoms with Gasteiger partial charge in [0, 0.05) is 30.3 Å². The largest absolute Gasteiger partial charge is 1.00 e. The summed E-state index contributed by atoms with van der Waals surface area (Å²) in [6, 6.07) is 6.49. The molecule has 0 aromatic heterocycles. The number of benzene rings is 1. The second kappa shape index (κ2) is 14.7. The second-order valence-electron chi connectivity index (χ2n) is 6.97. The quantitative estimate of drug-likeness (QED) is 0.203. The number of rotatable bonds is 9. The molecule has 1 aliphatic carbocycles. The van der Waals surface area contributed by atoms with Crippen molar-refractivity contribution in [3.63, 3.8) is 0 Å². The average molecular weight is 450 g/mol. The Morgan fingerprint density at radius 1 is 1.10 bits per heavy atom. The number of ether oxygens (including phenoxy) is 3. The zero-order valence-electron chi connectivity index (χ0n) is 18.7. The van der Waals surface area contributed by atoms with Crippen molar-refractivity contribution in [1.82, 2.24) is 5.32 Å². The molecule has 0 radical (unpaired) electrons. The van der Waals surface area contributed by atoms with E-state index in [1.54, 1.807) is 31.2 Å². The van der Waals surface area contributed by atoms with Gasteiger partial charge in [-0.05, 0) is 43.5 Å². The minimum Gasteiger partial charge on any atom is -1.00 e. The van der Waals surface area contributed by atoms with Gasteiger partial charge in [0.2, 0.25) is 0 Å². The summed E-state index contributed by atoms with van der Waals surface area (Å²) in [7, 11) is 0. The summed E-state index contributed by atoms with van der Waals surface area (Å²) in [5.41, 5.74) is 0. The average Bonchev–Trinajstić information content (AvgIpc) is 2.73. The zero-order valence-corrected chi connectivity index (χ0v) is 20.4. The van der Waals surface area contributed by atoms with E-state index in [0.29, 0.717) is 17.2 Å². The third-order valence-electron chi connectivity index (χ3n) is 4.67. The molecular formula is C21H29ClNNaO6. The Labute approximate surface area is 205 Å². The fourth-order valence-corrected chi connectivity index (χ4v) is 3.22. The molecule has 1 fully saturated rings. The summed E-state index contributed by atoms with van der Waals surface area (Å²) in [6.07, 6.45) is 4.18. The van der Waals surface area contributed by atoms with Gasteiger partial charge in [-0.3, -0.25) is 9.59 Å². The Hall–Kier alpha value is -1.28. The molecule has 30 heavy (non-hydrogen) atoms. The number of nitrogens with one attached hydrogen (secondary N) is 1. The van der Waals surface area contributed by atoms with Crippen LogP contribution in [0.25, 0.3) is 0 Å². The number of esters is 2. The van der Waals surface area contributed by atoms with Crippen LogP contribution < -0.4 is 39.6 Å². The number of carbonyl (C=O) groups excluding carboxylic acids is 3. The SMILES string of the molecule is CCC(=O)OC(OC(=O)NCCCC(=O)Oc1ccc(Cl)cc1)C1CCCCC1.[H-].[Na+]. The summed E-state index contributed by atoms with van der Waals surface area (Å²) in [6.45, 7) is 1.94. The Morgan fingerprint density at radius 2 is 1.77 bits per heavy atom.